The highest BCUT2D eigenvalue weighted by Gasteiger charge is 2.28. The van der Waals surface area contributed by atoms with Gasteiger partial charge < -0.3 is 20.5 Å². The zero-order chi connectivity index (χ0) is 25.5. The highest BCUT2D eigenvalue weighted by Crippen LogP contribution is 2.18. The number of aromatic nitrogens is 1. The van der Waals surface area contributed by atoms with E-state index in [0.29, 0.717) is 29.1 Å². The van der Waals surface area contributed by atoms with Crippen LogP contribution in [0.3, 0.4) is 0 Å². The molecule has 0 bridgehead atoms. The van der Waals surface area contributed by atoms with E-state index in [0.717, 1.165) is 5.69 Å². The fourth-order valence-electron chi connectivity index (χ4n) is 2.60. The number of aryl methyl sites for hydroxylation is 2. The molecule has 13 heteroatoms. The monoisotopic (exact) mass is 495 g/mol. The number of anilines is 1. The third kappa shape index (κ3) is 8.65. The molecule has 0 atom stereocenters. The number of hydrogen-bond acceptors (Lipinski definition) is 7. The summed E-state index contributed by atoms with van der Waals surface area (Å²) in [7, 11) is 0. The SMILES string of the molecule is CC(=O)Nc1nc(CCc2ccc(CNC(=O)NN(C(=O)O)C(=O)OC(C)(C)C)cc2F)cs1. The van der Waals surface area contributed by atoms with Crippen molar-refractivity contribution in [3.05, 3.63) is 46.2 Å². The first-order chi connectivity index (χ1) is 15.8. The predicted octanol–water partition coefficient (Wildman–Crippen LogP) is 3.66. The van der Waals surface area contributed by atoms with Crippen molar-refractivity contribution in [1.29, 1.82) is 0 Å². The van der Waals surface area contributed by atoms with Crippen LogP contribution in [0, 0.1) is 5.82 Å². The Bertz CT molecular complexity index is 1070. The number of nitrogens with zero attached hydrogens (tertiary/aromatic N) is 2. The third-order valence-corrected chi connectivity index (χ3v) is 4.84. The summed E-state index contributed by atoms with van der Waals surface area (Å²) in [6, 6.07) is 3.46. The lowest BCUT2D eigenvalue weighted by Crippen LogP contribution is -2.53. The number of benzene rings is 1. The van der Waals surface area contributed by atoms with Crippen molar-refractivity contribution >= 4 is 40.6 Å². The number of thiazole rings is 1. The number of carboxylic acid groups (broad SMARTS) is 1. The molecule has 2 rings (SSSR count). The van der Waals surface area contributed by atoms with Crippen LogP contribution in [-0.4, -0.2) is 44.8 Å². The lowest BCUT2D eigenvalue weighted by Gasteiger charge is -2.24. The fraction of sp³-hybridized carbons (Fsp3) is 0.381. The van der Waals surface area contributed by atoms with Gasteiger partial charge in [-0.25, -0.2) is 29.2 Å². The molecule has 0 unspecified atom stereocenters. The first kappa shape index (κ1) is 26.5. The maximum atomic E-state index is 14.5. The Hall–Kier alpha value is -3.74. The van der Waals surface area contributed by atoms with Crippen LogP contribution >= 0.6 is 11.3 Å². The summed E-state index contributed by atoms with van der Waals surface area (Å²) in [5.41, 5.74) is 2.51. The summed E-state index contributed by atoms with van der Waals surface area (Å²) in [4.78, 5) is 50.5. The molecular formula is C21H26FN5O6S. The average molecular weight is 496 g/mol. The number of carbonyl (C=O) groups excluding carboxylic acids is 3. The number of rotatable bonds is 6. The van der Waals surface area contributed by atoms with Crippen molar-refractivity contribution in [3.63, 3.8) is 0 Å². The maximum Gasteiger partial charge on any atom is 0.439 e. The lowest BCUT2D eigenvalue weighted by atomic mass is 10.1. The van der Waals surface area contributed by atoms with Crippen LogP contribution in [0.25, 0.3) is 0 Å². The van der Waals surface area contributed by atoms with E-state index in [-0.39, 0.29) is 17.5 Å². The Morgan fingerprint density at radius 3 is 2.50 bits per heavy atom. The van der Waals surface area contributed by atoms with E-state index < -0.39 is 29.6 Å². The molecule has 11 nitrogen and oxygen atoms in total. The number of imide groups is 1. The van der Waals surface area contributed by atoms with Crippen LogP contribution in [0.5, 0.6) is 0 Å². The smallest absolute Gasteiger partial charge is 0.439 e. The van der Waals surface area contributed by atoms with Crippen LogP contribution in [0.15, 0.2) is 23.6 Å². The number of hydrogen-bond donors (Lipinski definition) is 4. The lowest BCUT2D eigenvalue weighted by molar-refractivity contribution is -0.114. The summed E-state index contributed by atoms with van der Waals surface area (Å²) in [5, 5.41) is 16.4. The Balaban J connectivity index is 1.89. The molecule has 0 saturated heterocycles. The minimum absolute atomic E-state index is 0.0140. The van der Waals surface area contributed by atoms with Crippen molar-refractivity contribution in [2.45, 2.75) is 52.7 Å². The van der Waals surface area contributed by atoms with Gasteiger partial charge >= 0.3 is 18.2 Å². The molecule has 5 amide bonds. The first-order valence-electron chi connectivity index (χ1n) is 10.1. The summed E-state index contributed by atoms with van der Waals surface area (Å²) in [5.74, 6) is -0.691. The molecule has 184 valence electrons. The van der Waals surface area contributed by atoms with Gasteiger partial charge in [0.05, 0.1) is 5.69 Å². The summed E-state index contributed by atoms with van der Waals surface area (Å²) >= 11 is 1.29. The van der Waals surface area contributed by atoms with Gasteiger partial charge in [-0.1, -0.05) is 12.1 Å². The van der Waals surface area contributed by atoms with Gasteiger partial charge in [-0.05, 0) is 50.8 Å². The minimum Gasteiger partial charge on any atom is -0.463 e. The number of urea groups is 1. The Kier molecular flexibility index (Phi) is 8.90. The van der Waals surface area contributed by atoms with Crippen LogP contribution in [-0.2, 0) is 28.9 Å². The van der Waals surface area contributed by atoms with Gasteiger partial charge in [0.25, 0.3) is 0 Å². The Morgan fingerprint density at radius 2 is 1.91 bits per heavy atom. The summed E-state index contributed by atoms with van der Waals surface area (Å²) < 4.78 is 19.4. The number of carbonyl (C=O) groups is 4. The van der Waals surface area contributed by atoms with Crippen molar-refractivity contribution in [1.82, 2.24) is 20.7 Å². The van der Waals surface area contributed by atoms with Crippen molar-refractivity contribution < 1.29 is 33.4 Å². The molecule has 0 aliphatic rings. The molecule has 4 N–H and O–H groups in total. The van der Waals surface area contributed by atoms with Crippen molar-refractivity contribution in [2.24, 2.45) is 0 Å². The average Bonchev–Trinajstić information content (AvgIpc) is 3.14. The number of halogens is 1. The van der Waals surface area contributed by atoms with Gasteiger partial charge in [0.15, 0.2) is 5.13 Å². The molecule has 2 aromatic rings. The second-order valence-electron chi connectivity index (χ2n) is 8.14. The van der Waals surface area contributed by atoms with Crippen LogP contribution in [0.1, 0.15) is 44.5 Å². The first-order valence-corrected chi connectivity index (χ1v) is 11.0. The molecule has 0 radical (unpaired) electrons. The van der Waals surface area contributed by atoms with E-state index in [4.69, 9.17) is 9.84 Å². The zero-order valence-electron chi connectivity index (χ0n) is 19.1. The standard InChI is InChI=1S/C21H26FN5O6S/c1-12(28)24-18-25-15(11-34-18)8-7-14-6-5-13(9-16(14)22)10-23-17(29)26-27(19(30)31)20(32)33-21(2,3)4/h5-6,9,11H,7-8,10H2,1-4H3,(H,30,31)(H2,23,26,29)(H,24,25,28). The van der Waals surface area contributed by atoms with Crippen LogP contribution in [0.4, 0.5) is 23.9 Å². The Labute approximate surface area is 199 Å². The highest BCUT2D eigenvalue weighted by atomic mass is 32.1. The highest BCUT2D eigenvalue weighted by molar-refractivity contribution is 7.13. The molecule has 1 aromatic carbocycles. The molecule has 0 aliphatic heterocycles. The third-order valence-electron chi connectivity index (χ3n) is 4.04. The maximum absolute atomic E-state index is 14.5. The van der Waals surface area contributed by atoms with E-state index >= 15 is 0 Å². The number of ether oxygens (including phenoxy) is 1. The van der Waals surface area contributed by atoms with E-state index in [1.165, 1.54) is 24.3 Å². The molecule has 1 aromatic heterocycles. The van der Waals surface area contributed by atoms with E-state index in [1.54, 1.807) is 38.3 Å². The number of hydrazine groups is 1. The minimum atomic E-state index is -1.73. The van der Waals surface area contributed by atoms with Gasteiger partial charge in [-0.2, -0.15) is 0 Å². The van der Waals surface area contributed by atoms with Gasteiger partial charge in [0.2, 0.25) is 5.91 Å². The fourth-order valence-corrected chi connectivity index (χ4v) is 3.39. The number of nitrogens with one attached hydrogen (secondary N) is 3. The van der Waals surface area contributed by atoms with Gasteiger partial charge in [-0.15, -0.1) is 16.3 Å². The van der Waals surface area contributed by atoms with Crippen LogP contribution in [0.2, 0.25) is 0 Å². The van der Waals surface area contributed by atoms with E-state index in [9.17, 15) is 23.6 Å². The summed E-state index contributed by atoms with van der Waals surface area (Å²) in [6.07, 6.45) is -2.14. The topological polar surface area (TPSA) is 150 Å². The normalized spacial score (nSPS) is 10.9. The molecule has 0 saturated carbocycles. The molecule has 1 heterocycles. The van der Waals surface area contributed by atoms with Gasteiger partial charge in [0.1, 0.15) is 11.4 Å². The molecule has 0 fully saturated rings. The van der Waals surface area contributed by atoms with Gasteiger partial charge in [-0.3, -0.25) is 4.79 Å². The molecule has 34 heavy (non-hydrogen) atoms. The van der Waals surface area contributed by atoms with Gasteiger partial charge in [0, 0.05) is 18.8 Å². The summed E-state index contributed by atoms with van der Waals surface area (Å²) in [6.45, 7) is 5.91. The van der Waals surface area contributed by atoms with Crippen molar-refractivity contribution in [2.75, 3.05) is 5.32 Å². The van der Waals surface area contributed by atoms with E-state index in [1.807, 2.05) is 5.43 Å². The van der Waals surface area contributed by atoms with Crippen molar-refractivity contribution in [3.8, 4) is 0 Å². The number of amides is 5. The van der Waals surface area contributed by atoms with Crippen LogP contribution < -0.4 is 16.1 Å². The van der Waals surface area contributed by atoms with E-state index in [2.05, 4.69) is 15.6 Å². The molecule has 0 spiro atoms. The molecular weight excluding hydrogens is 469 g/mol. The quantitative estimate of drug-likeness (QED) is 0.447. The Morgan fingerprint density at radius 1 is 1.21 bits per heavy atom. The second-order valence-corrected chi connectivity index (χ2v) is 9.00. The molecule has 0 aliphatic carbocycles. The second kappa shape index (κ2) is 11.4. The predicted molar refractivity (Wildman–Crippen MR) is 122 cm³/mol. The zero-order valence-corrected chi connectivity index (χ0v) is 19.9. The largest absolute Gasteiger partial charge is 0.463 e.